The highest BCUT2D eigenvalue weighted by Crippen LogP contribution is 2.26. The molecular weight excluding hydrogens is 362 g/mol. The minimum atomic E-state index is 0.300. The Labute approximate surface area is 174 Å². The van der Waals surface area contributed by atoms with Crippen LogP contribution in [0.1, 0.15) is 56.2 Å². The molecule has 0 radical (unpaired) electrons. The van der Waals surface area contributed by atoms with Gasteiger partial charge in [-0.05, 0) is 37.3 Å². The normalized spacial score (nSPS) is 24.3. The van der Waals surface area contributed by atoms with Crippen LogP contribution in [0.5, 0.6) is 0 Å². The fourth-order valence-corrected chi connectivity index (χ4v) is 5.35. The number of rotatable bonds is 5. The molecule has 3 heterocycles. The molecule has 1 saturated heterocycles. The van der Waals surface area contributed by atoms with Gasteiger partial charge in [0.2, 0.25) is 5.91 Å². The molecule has 0 unspecified atom stereocenters. The number of hydrogen-bond donors (Lipinski definition) is 1. The minimum absolute atomic E-state index is 0.300. The van der Waals surface area contributed by atoms with Crippen LogP contribution >= 0.6 is 0 Å². The fourth-order valence-electron chi connectivity index (χ4n) is 5.35. The van der Waals surface area contributed by atoms with Gasteiger partial charge in [-0.15, -0.1) is 0 Å². The van der Waals surface area contributed by atoms with E-state index in [1.54, 1.807) is 0 Å². The number of piperazine rings is 1. The summed E-state index contributed by atoms with van der Waals surface area (Å²) in [5, 5.41) is 3.61. The molecule has 1 N–H and O–H groups in total. The van der Waals surface area contributed by atoms with Crippen LogP contribution in [0, 0.1) is 0 Å². The van der Waals surface area contributed by atoms with E-state index in [0.29, 0.717) is 18.5 Å². The van der Waals surface area contributed by atoms with Crippen molar-refractivity contribution < 1.29 is 4.79 Å². The van der Waals surface area contributed by atoms with E-state index in [0.717, 1.165) is 57.5 Å². The summed E-state index contributed by atoms with van der Waals surface area (Å²) in [6, 6.07) is 5.74. The second-order valence-electron chi connectivity index (χ2n) is 9.39. The van der Waals surface area contributed by atoms with E-state index in [-0.39, 0.29) is 0 Å². The molecule has 3 fully saturated rings. The number of hydrogen-bond acceptors (Lipinski definition) is 5. The van der Waals surface area contributed by atoms with Crippen LogP contribution in [-0.4, -0.2) is 76.9 Å². The summed E-state index contributed by atoms with van der Waals surface area (Å²) >= 11 is 0. The second kappa shape index (κ2) is 8.60. The number of pyridine rings is 1. The quantitative estimate of drug-likeness (QED) is 0.827. The highest BCUT2D eigenvalue weighted by Gasteiger charge is 2.30. The van der Waals surface area contributed by atoms with Crippen LogP contribution in [-0.2, 0) is 17.8 Å². The van der Waals surface area contributed by atoms with Crippen molar-refractivity contribution in [3.63, 3.8) is 0 Å². The summed E-state index contributed by atoms with van der Waals surface area (Å²) in [6.45, 7) is 6.24. The molecule has 1 aromatic heterocycles. The SMILES string of the molecule is O=C(CN1CCc2nc(NC3CCCC3)ccc2C1)N1CCN(C2CCC2)CC1. The molecule has 1 amide bonds. The molecule has 5 rings (SSSR count). The van der Waals surface area contributed by atoms with Crippen LogP contribution in [0.2, 0.25) is 0 Å². The molecule has 6 nitrogen and oxygen atoms in total. The lowest BCUT2D eigenvalue weighted by atomic mass is 9.91. The van der Waals surface area contributed by atoms with Gasteiger partial charge in [0.15, 0.2) is 0 Å². The number of aromatic nitrogens is 1. The van der Waals surface area contributed by atoms with Crippen LogP contribution in [0.4, 0.5) is 5.82 Å². The van der Waals surface area contributed by atoms with Gasteiger partial charge in [0.1, 0.15) is 5.82 Å². The summed E-state index contributed by atoms with van der Waals surface area (Å²) in [5.41, 5.74) is 2.50. The Morgan fingerprint density at radius 1 is 1.00 bits per heavy atom. The number of fused-ring (bicyclic) bond motifs is 1. The van der Waals surface area contributed by atoms with Crippen molar-refractivity contribution in [2.75, 3.05) is 44.6 Å². The number of carbonyl (C=O) groups excluding carboxylic acids is 1. The third kappa shape index (κ3) is 4.43. The smallest absolute Gasteiger partial charge is 0.236 e. The van der Waals surface area contributed by atoms with E-state index in [2.05, 4.69) is 32.1 Å². The van der Waals surface area contributed by atoms with E-state index < -0.39 is 0 Å². The molecular formula is C23H35N5O. The maximum absolute atomic E-state index is 12.8. The van der Waals surface area contributed by atoms with Gasteiger partial charge in [0, 0.05) is 63.5 Å². The lowest BCUT2D eigenvalue weighted by Crippen LogP contribution is -2.55. The lowest BCUT2D eigenvalue weighted by molar-refractivity contribution is -0.135. The number of nitrogens with zero attached hydrogens (tertiary/aromatic N) is 4. The molecule has 0 spiro atoms. The van der Waals surface area contributed by atoms with Crippen LogP contribution in [0.15, 0.2) is 12.1 Å². The van der Waals surface area contributed by atoms with Crippen molar-refractivity contribution >= 4 is 11.7 Å². The minimum Gasteiger partial charge on any atom is -0.367 e. The summed E-state index contributed by atoms with van der Waals surface area (Å²) in [5.74, 6) is 1.33. The van der Waals surface area contributed by atoms with Gasteiger partial charge in [0.05, 0.1) is 6.54 Å². The Morgan fingerprint density at radius 2 is 1.79 bits per heavy atom. The predicted octanol–water partition coefficient (Wildman–Crippen LogP) is 2.49. The van der Waals surface area contributed by atoms with Crippen molar-refractivity contribution in [3.05, 3.63) is 23.4 Å². The van der Waals surface area contributed by atoms with Gasteiger partial charge < -0.3 is 10.2 Å². The average Bonchev–Trinajstić information content (AvgIpc) is 3.20. The molecule has 6 heteroatoms. The largest absolute Gasteiger partial charge is 0.367 e. The Balaban J connectivity index is 1.11. The standard InChI is InChI=1S/C23H35N5O/c29-23(28-14-12-27(13-15-28)20-6-3-7-20)17-26-11-10-21-18(16-26)8-9-22(25-21)24-19-4-1-2-5-19/h8-9,19-20H,1-7,10-17H2,(H,24,25). The predicted molar refractivity (Wildman–Crippen MR) is 115 cm³/mol. The van der Waals surface area contributed by atoms with Gasteiger partial charge >= 0.3 is 0 Å². The Hall–Kier alpha value is -1.66. The maximum Gasteiger partial charge on any atom is 0.236 e. The number of amides is 1. The molecule has 2 aliphatic carbocycles. The second-order valence-corrected chi connectivity index (χ2v) is 9.39. The van der Waals surface area contributed by atoms with Gasteiger partial charge in [-0.25, -0.2) is 4.98 Å². The summed E-state index contributed by atoms with van der Waals surface area (Å²) in [4.78, 5) is 24.7. The average molecular weight is 398 g/mol. The van der Waals surface area contributed by atoms with Gasteiger partial charge in [-0.1, -0.05) is 25.3 Å². The van der Waals surface area contributed by atoms with E-state index in [9.17, 15) is 4.79 Å². The van der Waals surface area contributed by atoms with Crippen LogP contribution in [0.25, 0.3) is 0 Å². The molecule has 29 heavy (non-hydrogen) atoms. The van der Waals surface area contributed by atoms with E-state index >= 15 is 0 Å². The van der Waals surface area contributed by atoms with Gasteiger partial charge in [-0.3, -0.25) is 14.6 Å². The zero-order valence-electron chi connectivity index (χ0n) is 17.6. The zero-order valence-corrected chi connectivity index (χ0v) is 17.6. The monoisotopic (exact) mass is 397 g/mol. The van der Waals surface area contributed by atoms with E-state index in [1.165, 1.54) is 56.2 Å². The number of anilines is 1. The molecule has 2 aliphatic heterocycles. The third-order valence-electron chi connectivity index (χ3n) is 7.45. The van der Waals surface area contributed by atoms with Crippen molar-refractivity contribution in [2.45, 2.75) is 70.0 Å². The number of carbonyl (C=O) groups is 1. The van der Waals surface area contributed by atoms with Crippen molar-refractivity contribution in [2.24, 2.45) is 0 Å². The maximum atomic E-state index is 12.8. The molecule has 4 aliphatic rings. The van der Waals surface area contributed by atoms with E-state index in [1.807, 2.05) is 0 Å². The Kier molecular flexibility index (Phi) is 5.73. The summed E-state index contributed by atoms with van der Waals surface area (Å²) < 4.78 is 0. The van der Waals surface area contributed by atoms with Crippen molar-refractivity contribution in [1.82, 2.24) is 19.7 Å². The number of nitrogens with one attached hydrogen (secondary N) is 1. The first-order valence-corrected chi connectivity index (χ1v) is 11.7. The first-order chi connectivity index (χ1) is 14.2. The highest BCUT2D eigenvalue weighted by atomic mass is 16.2. The van der Waals surface area contributed by atoms with Crippen LogP contribution < -0.4 is 5.32 Å². The van der Waals surface area contributed by atoms with Gasteiger partial charge in [0.25, 0.3) is 0 Å². The summed E-state index contributed by atoms with van der Waals surface area (Å²) in [6.07, 6.45) is 10.2. The Morgan fingerprint density at radius 3 is 2.52 bits per heavy atom. The molecule has 2 saturated carbocycles. The third-order valence-corrected chi connectivity index (χ3v) is 7.45. The van der Waals surface area contributed by atoms with Gasteiger partial charge in [-0.2, -0.15) is 0 Å². The first-order valence-electron chi connectivity index (χ1n) is 11.7. The molecule has 0 atom stereocenters. The Bertz CT molecular complexity index is 720. The highest BCUT2D eigenvalue weighted by molar-refractivity contribution is 5.78. The molecule has 1 aromatic rings. The van der Waals surface area contributed by atoms with Crippen molar-refractivity contribution in [1.29, 1.82) is 0 Å². The van der Waals surface area contributed by atoms with Crippen LogP contribution in [0.3, 0.4) is 0 Å². The molecule has 0 bridgehead atoms. The lowest BCUT2D eigenvalue weighted by Gasteiger charge is -2.43. The zero-order chi connectivity index (χ0) is 19.6. The summed E-state index contributed by atoms with van der Waals surface area (Å²) in [7, 11) is 0. The fraction of sp³-hybridized carbons (Fsp3) is 0.739. The van der Waals surface area contributed by atoms with E-state index in [4.69, 9.17) is 4.98 Å². The molecule has 158 valence electrons. The first kappa shape index (κ1) is 19.3. The topological polar surface area (TPSA) is 51.7 Å². The van der Waals surface area contributed by atoms with Crippen molar-refractivity contribution in [3.8, 4) is 0 Å². The molecule has 0 aromatic carbocycles.